The van der Waals surface area contributed by atoms with Crippen LogP contribution in [0.5, 0.6) is 5.75 Å². The van der Waals surface area contributed by atoms with Crippen LogP contribution in [0.2, 0.25) is 0 Å². The summed E-state index contributed by atoms with van der Waals surface area (Å²) in [6, 6.07) is 4.73. The lowest BCUT2D eigenvalue weighted by Gasteiger charge is -2.30. The summed E-state index contributed by atoms with van der Waals surface area (Å²) >= 11 is 0. The molecule has 2 rings (SSSR count). The highest BCUT2D eigenvalue weighted by Crippen LogP contribution is 2.26. The van der Waals surface area contributed by atoms with Crippen LogP contribution >= 0.6 is 0 Å². The Labute approximate surface area is 161 Å². The van der Waals surface area contributed by atoms with Gasteiger partial charge in [0, 0.05) is 39.4 Å². The lowest BCUT2D eigenvalue weighted by molar-refractivity contribution is 0.0281. The Morgan fingerprint density at radius 1 is 1.33 bits per heavy atom. The molecule has 0 aliphatic carbocycles. The molecule has 3 atom stereocenters. The molecule has 1 heterocycles. The van der Waals surface area contributed by atoms with Gasteiger partial charge in [0.2, 0.25) is 10.0 Å². The first kappa shape index (κ1) is 21.5. The molecule has 0 bridgehead atoms. The largest absolute Gasteiger partial charge is 0.491 e. The molecule has 27 heavy (non-hydrogen) atoms. The molecule has 0 saturated carbocycles. The van der Waals surface area contributed by atoms with Crippen molar-refractivity contribution in [2.24, 2.45) is 5.92 Å². The van der Waals surface area contributed by atoms with Gasteiger partial charge in [-0.05, 0) is 25.0 Å². The molecule has 1 aliphatic heterocycles. The van der Waals surface area contributed by atoms with Crippen molar-refractivity contribution in [2.75, 3.05) is 44.8 Å². The van der Waals surface area contributed by atoms with Crippen LogP contribution < -0.4 is 14.8 Å². The molecular weight excluding hydrogens is 370 g/mol. The minimum atomic E-state index is -3.43. The van der Waals surface area contributed by atoms with E-state index in [2.05, 4.69) is 17.0 Å². The molecule has 1 aromatic carbocycles. The highest BCUT2D eigenvalue weighted by molar-refractivity contribution is 7.92. The number of carbonyl (C=O) groups excluding carboxylic acids is 1. The maximum atomic E-state index is 12.9. The number of ether oxygens (including phenoxy) is 2. The van der Waals surface area contributed by atoms with Crippen molar-refractivity contribution in [3.8, 4) is 5.75 Å². The number of methoxy groups -OCH3 is 1. The zero-order chi connectivity index (χ0) is 20.2. The highest BCUT2D eigenvalue weighted by atomic mass is 32.2. The van der Waals surface area contributed by atoms with Crippen LogP contribution in [0.1, 0.15) is 24.2 Å². The van der Waals surface area contributed by atoms with E-state index in [0.717, 1.165) is 12.8 Å². The number of anilines is 1. The van der Waals surface area contributed by atoms with E-state index in [-0.39, 0.29) is 24.0 Å². The minimum Gasteiger partial charge on any atom is -0.491 e. The Hall–Kier alpha value is -1.84. The van der Waals surface area contributed by atoms with E-state index < -0.39 is 10.0 Å². The molecule has 0 saturated heterocycles. The first-order valence-corrected chi connectivity index (χ1v) is 10.8. The van der Waals surface area contributed by atoms with E-state index in [9.17, 15) is 13.2 Å². The normalized spacial score (nSPS) is 25.0. The predicted molar refractivity (Wildman–Crippen MR) is 105 cm³/mol. The molecular formula is C18H29N3O5S. The third-order valence-electron chi connectivity index (χ3n) is 4.53. The second-order valence-electron chi connectivity index (χ2n) is 7.14. The molecule has 8 nitrogen and oxygen atoms in total. The predicted octanol–water partition coefficient (Wildman–Crippen LogP) is 1.15. The highest BCUT2D eigenvalue weighted by Gasteiger charge is 2.25. The van der Waals surface area contributed by atoms with Gasteiger partial charge in [-0.1, -0.05) is 6.92 Å². The Morgan fingerprint density at radius 2 is 2.04 bits per heavy atom. The molecule has 0 unspecified atom stereocenters. The number of fused-ring (bicyclic) bond motifs is 1. The maximum Gasteiger partial charge on any atom is 0.257 e. The SMILES string of the molecule is CO[C@H]1CN(C)C(=O)c2ccc(NS(C)(=O)=O)cc2OC[C@@H](C)NC[C@@H]1C. The van der Waals surface area contributed by atoms with Crippen LogP contribution in [-0.4, -0.2) is 71.5 Å². The second-order valence-corrected chi connectivity index (χ2v) is 8.89. The first-order chi connectivity index (χ1) is 12.6. The van der Waals surface area contributed by atoms with Crippen LogP contribution in [0.25, 0.3) is 0 Å². The van der Waals surface area contributed by atoms with E-state index in [1.165, 1.54) is 6.07 Å². The molecule has 0 spiro atoms. The Kier molecular flexibility index (Phi) is 7.07. The summed E-state index contributed by atoms with van der Waals surface area (Å²) < 4.78 is 36.8. The summed E-state index contributed by atoms with van der Waals surface area (Å²) in [4.78, 5) is 14.5. The third kappa shape index (κ3) is 6.08. The summed E-state index contributed by atoms with van der Waals surface area (Å²) in [6.45, 7) is 5.59. The number of nitrogens with zero attached hydrogens (tertiary/aromatic N) is 1. The Balaban J connectivity index is 2.38. The maximum absolute atomic E-state index is 12.9. The summed E-state index contributed by atoms with van der Waals surface area (Å²) in [5.41, 5.74) is 0.731. The number of carbonyl (C=O) groups is 1. The average molecular weight is 400 g/mol. The van der Waals surface area contributed by atoms with E-state index in [0.29, 0.717) is 30.2 Å². The molecule has 1 aliphatic rings. The molecule has 0 radical (unpaired) electrons. The van der Waals surface area contributed by atoms with Gasteiger partial charge in [0.25, 0.3) is 5.91 Å². The molecule has 1 amide bonds. The number of amides is 1. The van der Waals surface area contributed by atoms with Crippen molar-refractivity contribution in [3.05, 3.63) is 23.8 Å². The molecule has 0 aromatic heterocycles. The van der Waals surface area contributed by atoms with Crippen LogP contribution in [0.4, 0.5) is 5.69 Å². The van der Waals surface area contributed by atoms with Crippen molar-refractivity contribution in [2.45, 2.75) is 26.0 Å². The van der Waals surface area contributed by atoms with Gasteiger partial charge in [0.05, 0.1) is 23.6 Å². The van der Waals surface area contributed by atoms with Gasteiger partial charge >= 0.3 is 0 Å². The summed E-state index contributed by atoms with van der Waals surface area (Å²) in [6.07, 6.45) is 0.971. The van der Waals surface area contributed by atoms with Gasteiger partial charge in [-0.3, -0.25) is 9.52 Å². The smallest absolute Gasteiger partial charge is 0.257 e. The van der Waals surface area contributed by atoms with Crippen LogP contribution in [0.3, 0.4) is 0 Å². The monoisotopic (exact) mass is 399 g/mol. The number of hydrogen-bond donors (Lipinski definition) is 2. The number of sulfonamides is 1. The van der Waals surface area contributed by atoms with E-state index in [1.54, 1.807) is 31.2 Å². The van der Waals surface area contributed by atoms with Gasteiger partial charge in [-0.2, -0.15) is 0 Å². The Bertz CT molecular complexity index is 768. The second kappa shape index (κ2) is 8.90. The fraction of sp³-hybridized carbons (Fsp3) is 0.611. The van der Waals surface area contributed by atoms with E-state index >= 15 is 0 Å². The fourth-order valence-electron chi connectivity index (χ4n) is 2.93. The number of benzene rings is 1. The standard InChI is InChI=1S/C18H29N3O5S/c1-12-9-19-13(2)11-26-16-8-14(20-27(5,23)24)6-7-15(16)18(22)21(3)10-17(12)25-4/h6-8,12-13,17,19-20H,9-11H2,1-5H3/t12-,13+,17-/m0/s1. The van der Waals surface area contributed by atoms with Gasteiger partial charge in [0.15, 0.2) is 0 Å². The molecule has 1 aromatic rings. The van der Waals surface area contributed by atoms with Crippen molar-refractivity contribution >= 4 is 21.6 Å². The van der Waals surface area contributed by atoms with Crippen LogP contribution in [0, 0.1) is 5.92 Å². The first-order valence-electron chi connectivity index (χ1n) is 8.87. The zero-order valence-corrected chi connectivity index (χ0v) is 17.3. The molecule has 9 heteroatoms. The quantitative estimate of drug-likeness (QED) is 0.792. The van der Waals surface area contributed by atoms with Crippen molar-refractivity contribution in [1.29, 1.82) is 0 Å². The van der Waals surface area contributed by atoms with Crippen molar-refractivity contribution in [1.82, 2.24) is 10.2 Å². The fourth-order valence-corrected chi connectivity index (χ4v) is 3.49. The number of likely N-dealkylation sites (N-methyl/N-ethyl adjacent to an activating group) is 1. The molecule has 152 valence electrons. The number of nitrogens with one attached hydrogen (secondary N) is 2. The third-order valence-corrected chi connectivity index (χ3v) is 5.14. The lowest BCUT2D eigenvalue weighted by Crippen LogP contribution is -2.44. The Morgan fingerprint density at radius 3 is 2.67 bits per heavy atom. The van der Waals surface area contributed by atoms with Gasteiger partial charge < -0.3 is 19.7 Å². The van der Waals surface area contributed by atoms with E-state index in [4.69, 9.17) is 9.47 Å². The minimum absolute atomic E-state index is 0.0524. The topological polar surface area (TPSA) is 97.0 Å². The number of hydrogen-bond acceptors (Lipinski definition) is 6. The molecule has 2 N–H and O–H groups in total. The summed E-state index contributed by atoms with van der Waals surface area (Å²) in [7, 11) is -0.0600. The average Bonchev–Trinajstić information content (AvgIpc) is 2.59. The van der Waals surface area contributed by atoms with Crippen molar-refractivity contribution in [3.63, 3.8) is 0 Å². The van der Waals surface area contributed by atoms with Gasteiger partial charge in [0.1, 0.15) is 12.4 Å². The molecule has 0 fully saturated rings. The zero-order valence-electron chi connectivity index (χ0n) is 16.5. The summed E-state index contributed by atoms with van der Waals surface area (Å²) in [5, 5.41) is 3.40. The van der Waals surface area contributed by atoms with Crippen LogP contribution in [0.15, 0.2) is 18.2 Å². The van der Waals surface area contributed by atoms with Crippen LogP contribution in [-0.2, 0) is 14.8 Å². The van der Waals surface area contributed by atoms with Gasteiger partial charge in [-0.25, -0.2) is 8.42 Å². The lowest BCUT2D eigenvalue weighted by atomic mass is 10.0. The van der Waals surface area contributed by atoms with Gasteiger partial charge in [-0.15, -0.1) is 0 Å². The van der Waals surface area contributed by atoms with E-state index in [1.807, 2.05) is 6.92 Å². The van der Waals surface area contributed by atoms with Crippen molar-refractivity contribution < 1.29 is 22.7 Å². The summed E-state index contributed by atoms with van der Waals surface area (Å²) in [5.74, 6) is 0.357. The number of rotatable bonds is 3.